The second-order valence-electron chi connectivity index (χ2n) is 10.4. The summed E-state index contributed by atoms with van der Waals surface area (Å²) < 4.78 is 0. The van der Waals surface area contributed by atoms with Gasteiger partial charge in [0, 0.05) is 17.0 Å². The molecular weight excluding hydrogens is 469 g/mol. The van der Waals surface area contributed by atoms with E-state index in [9.17, 15) is 0 Å². The molecule has 4 aromatic rings. The predicted molar refractivity (Wildman–Crippen MR) is 164 cm³/mol. The summed E-state index contributed by atoms with van der Waals surface area (Å²) in [4.78, 5) is 0. The Morgan fingerprint density at radius 1 is 0.611 bits per heavy atom. The Balaban J connectivity index is 0.000000149. The van der Waals surface area contributed by atoms with E-state index in [1.807, 2.05) is 0 Å². The van der Waals surface area contributed by atoms with Crippen LogP contribution in [-0.4, -0.2) is 14.5 Å². The molecule has 0 saturated carbocycles. The minimum absolute atomic E-state index is 0.0265. The summed E-state index contributed by atoms with van der Waals surface area (Å²) in [5.41, 5.74) is 8.48. The average Bonchev–Trinajstić information content (AvgIpc) is 3.57. The maximum Gasteiger partial charge on any atom is 0.120 e. The summed E-state index contributed by atoms with van der Waals surface area (Å²) in [6.45, 7) is 2.49. The molecule has 0 aromatic heterocycles. The van der Waals surface area contributed by atoms with Crippen molar-refractivity contribution in [2.75, 3.05) is 6.66 Å². The fourth-order valence-corrected chi connectivity index (χ4v) is 10.8. The lowest BCUT2D eigenvalue weighted by Crippen LogP contribution is -2.20. The molecule has 2 saturated heterocycles. The highest BCUT2D eigenvalue weighted by atomic mass is 31.1. The largest absolute Gasteiger partial charge is 0.120 e. The number of rotatable bonds is 4. The average molecular weight is 506 g/mol. The van der Waals surface area contributed by atoms with Gasteiger partial charge in [-0.15, -0.1) is 8.58 Å². The van der Waals surface area contributed by atoms with Gasteiger partial charge < -0.3 is 0 Å². The zero-order valence-electron chi connectivity index (χ0n) is 21.6. The van der Waals surface area contributed by atoms with E-state index in [0.717, 1.165) is 25.6 Å². The van der Waals surface area contributed by atoms with Gasteiger partial charge in [0.15, 0.2) is 0 Å². The van der Waals surface area contributed by atoms with Crippen molar-refractivity contribution < 1.29 is 0 Å². The first-order chi connectivity index (χ1) is 17.6. The SMILES string of the molecule is B[C@]1(c2ccccc2)CC[C@H](c2ccccc2)P1C.c1ccc([C@H]2CC[C@H](c3ccccc3)P2)cc1. The minimum Gasteiger partial charge on any atom is -0.107 e. The Labute approximate surface area is 221 Å². The van der Waals surface area contributed by atoms with E-state index in [1.165, 1.54) is 47.9 Å². The van der Waals surface area contributed by atoms with Crippen LogP contribution in [0, 0.1) is 0 Å². The summed E-state index contributed by atoms with van der Waals surface area (Å²) >= 11 is 0. The van der Waals surface area contributed by atoms with Crippen molar-refractivity contribution in [3.05, 3.63) is 144 Å². The molecule has 2 aliphatic heterocycles. The van der Waals surface area contributed by atoms with Crippen molar-refractivity contribution in [2.24, 2.45) is 0 Å². The number of hydrogen-bond acceptors (Lipinski definition) is 0. The summed E-state index contributed by atoms with van der Waals surface area (Å²) in [5, 5.41) is 0.386. The van der Waals surface area contributed by atoms with E-state index in [0.29, 0.717) is 5.06 Å². The van der Waals surface area contributed by atoms with Crippen LogP contribution in [0.2, 0.25) is 0 Å². The van der Waals surface area contributed by atoms with Crippen molar-refractivity contribution in [3.63, 3.8) is 0 Å². The molecule has 2 aliphatic rings. The molecule has 2 heterocycles. The van der Waals surface area contributed by atoms with Crippen LogP contribution in [0.15, 0.2) is 121 Å². The van der Waals surface area contributed by atoms with Gasteiger partial charge in [-0.1, -0.05) is 129 Å². The Morgan fingerprint density at radius 2 is 1.03 bits per heavy atom. The van der Waals surface area contributed by atoms with Gasteiger partial charge in [0.2, 0.25) is 0 Å². The van der Waals surface area contributed by atoms with Crippen molar-refractivity contribution in [1.29, 1.82) is 0 Å². The highest BCUT2D eigenvalue weighted by molar-refractivity contribution is 7.60. The Kier molecular flexibility index (Phi) is 8.41. The zero-order chi connectivity index (χ0) is 24.8. The third-order valence-corrected chi connectivity index (χ3v) is 13.9. The van der Waals surface area contributed by atoms with Crippen LogP contribution < -0.4 is 0 Å². The van der Waals surface area contributed by atoms with Gasteiger partial charge in [0.05, 0.1) is 0 Å². The molecule has 0 aliphatic carbocycles. The van der Waals surface area contributed by atoms with E-state index in [-0.39, 0.29) is 7.92 Å². The minimum atomic E-state index is -0.0265. The van der Waals surface area contributed by atoms with Gasteiger partial charge >= 0.3 is 0 Å². The first kappa shape index (κ1) is 25.5. The monoisotopic (exact) mass is 506 g/mol. The van der Waals surface area contributed by atoms with Gasteiger partial charge in [-0.25, -0.2) is 0 Å². The highest BCUT2D eigenvalue weighted by Gasteiger charge is 2.43. The van der Waals surface area contributed by atoms with Crippen molar-refractivity contribution in [3.8, 4) is 0 Å². The molecule has 36 heavy (non-hydrogen) atoms. The molecule has 0 bridgehead atoms. The quantitative estimate of drug-likeness (QED) is 0.191. The third-order valence-electron chi connectivity index (χ3n) is 8.28. The normalized spacial score (nSPS) is 27.2. The standard InChI is InChI=1S/C17H20BP.C16H17P/c1-19-16(14-8-4-2-5-9-14)12-13-17(19,18)15-10-6-3-7-11-15;1-3-7-13(8-4-1)15-11-12-16(17-15)14-9-5-2-6-10-14/h2-11,16H,12-13,18H2,1H3;1-10,15-17H,11-12H2/t16-,17-,19?;15-,16-/m11/s1. The predicted octanol–water partition coefficient (Wildman–Crippen LogP) is 9.06. The lowest BCUT2D eigenvalue weighted by atomic mass is 9.76. The van der Waals surface area contributed by atoms with Crippen LogP contribution in [0.3, 0.4) is 0 Å². The summed E-state index contributed by atoms with van der Waals surface area (Å²) in [5.74, 6) is 0. The first-order valence-corrected chi connectivity index (χ1v) is 16.4. The van der Waals surface area contributed by atoms with E-state index in [4.69, 9.17) is 0 Å². The molecule has 0 radical (unpaired) electrons. The van der Waals surface area contributed by atoms with Crippen LogP contribution in [-0.2, 0) is 5.06 Å². The van der Waals surface area contributed by atoms with Gasteiger partial charge in [0.25, 0.3) is 0 Å². The molecule has 6 rings (SSSR count). The van der Waals surface area contributed by atoms with Gasteiger partial charge in [0.1, 0.15) is 7.85 Å². The zero-order valence-corrected chi connectivity index (χ0v) is 23.4. The topological polar surface area (TPSA) is 0 Å². The molecule has 2 fully saturated rings. The lowest BCUT2D eigenvalue weighted by molar-refractivity contribution is 0.725. The van der Waals surface area contributed by atoms with E-state index >= 15 is 0 Å². The maximum absolute atomic E-state index is 2.49. The highest BCUT2D eigenvalue weighted by Crippen LogP contribution is 2.70. The number of benzene rings is 4. The molecule has 182 valence electrons. The lowest BCUT2D eigenvalue weighted by Gasteiger charge is -2.33. The first-order valence-electron chi connectivity index (χ1n) is 13.3. The molecule has 5 atom stereocenters. The van der Waals surface area contributed by atoms with E-state index < -0.39 is 0 Å². The molecule has 3 heteroatoms. The van der Waals surface area contributed by atoms with E-state index in [2.05, 4.69) is 136 Å². The third kappa shape index (κ3) is 5.69. The molecule has 0 nitrogen and oxygen atoms in total. The van der Waals surface area contributed by atoms with Crippen LogP contribution in [0.25, 0.3) is 0 Å². The summed E-state index contributed by atoms with van der Waals surface area (Å²) in [6.07, 6.45) is 5.35. The van der Waals surface area contributed by atoms with Crippen molar-refractivity contribution in [1.82, 2.24) is 0 Å². The maximum atomic E-state index is 2.49. The van der Waals surface area contributed by atoms with Crippen LogP contribution >= 0.6 is 16.5 Å². The van der Waals surface area contributed by atoms with Crippen LogP contribution in [0.4, 0.5) is 0 Å². The van der Waals surface area contributed by atoms with E-state index in [1.54, 1.807) is 0 Å². The summed E-state index contributed by atoms with van der Waals surface area (Å²) in [6, 6.07) is 44.2. The van der Waals surface area contributed by atoms with Crippen molar-refractivity contribution in [2.45, 2.75) is 47.7 Å². The molecule has 0 N–H and O–H groups in total. The Bertz CT molecular complexity index is 1150. The summed E-state index contributed by atoms with van der Waals surface area (Å²) in [7, 11) is 3.49. The fourth-order valence-electron chi connectivity index (χ4n) is 5.98. The Morgan fingerprint density at radius 3 is 1.50 bits per heavy atom. The molecule has 0 amide bonds. The van der Waals surface area contributed by atoms with Crippen molar-refractivity contribution >= 4 is 24.3 Å². The molecular formula is C33H37BP2. The molecule has 0 spiro atoms. The fraction of sp³-hybridized carbons (Fsp3) is 0.273. The van der Waals surface area contributed by atoms with Gasteiger partial charge in [-0.3, -0.25) is 0 Å². The van der Waals surface area contributed by atoms with Gasteiger partial charge in [-0.05, 0) is 59.7 Å². The second-order valence-corrected chi connectivity index (χ2v) is 14.9. The Hall–Kier alpha value is -2.20. The second kappa shape index (κ2) is 11.9. The van der Waals surface area contributed by atoms with Gasteiger partial charge in [-0.2, -0.15) is 0 Å². The molecule has 4 aromatic carbocycles. The molecule has 1 unspecified atom stereocenters. The smallest absolute Gasteiger partial charge is 0.107 e. The van der Waals surface area contributed by atoms with Crippen LogP contribution in [0.5, 0.6) is 0 Å². The van der Waals surface area contributed by atoms with Crippen LogP contribution in [0.1, 0.15) is 64.9 Å². The number of hydrogen-bond donors (Lipinski definition) is 0.